The van der Waals surface area contributed by atoms with Gasteiger partial charge in [0.05, 0.1) is 0 Å². The second-order valence-electron chi connectivity index (χ2n) is 7.25. The average molecular weight is 469 g/mol. The molecule has 184 valence electrons. The summed E-state index contributed by atoms with van der Waals surface area (Å²) < 4.78 is 33.1. The van der Waals surface area contributed by atoms with Gasteiger partial charge in [-0.25, -0.2) is 0 Å². The third kappa shape index (κ3) is 15.9. The highest BCUT2D eigenvalue weighted by Gasteiger charge is 2.39. The molecule has 0 unspecified atom stereocenters. The lowest BCUT2D eigenvalue weighted by molar-refractivity contribution is 0.0711. The summed E-state index contributed by atoms with van der Waals surface area (Å²) in [6.07, 6.45) is 11.6. The Morgan fingerprint density at radius 1 is 0.433 bits per heavy atom. The minimum Gasteiger partial charge on any atom is -0.377 e. The molecular formula is C22H52O6Si2. The molecule has 0 aliphatic rings. The van der Waals surface area contributed by atoms with Crippen LogP contribution in [0, 0.1) is 0 Å². The first kappa shape index (κ1) is 32.4. The minimum atomic E-state index is -2.30. The van der Waals surface area contributed by atoms with E-state index in [0.717, 1.165) is 24.9 Å². The van der Waals surface area contributed by atoms with E-state index >= 15 is 0 Å². The Labute approximate surface area is 190 Å². The van der Waals surface area contributed by atoms with Crippen molar-refractivity contribution in [1.29, 1.82) is 0 Å². The van der Waals surface area contributed by atoms with E-state index in [-0.39, 0.29) is 0 Å². The minimum absolute atomic E-state index is 0.673. The lowest BCUT2D eigenvalue weighted by Gasteiger charge is -2.27. The molecule has 0 N–H and O–H groups in total. The second-order valence-corrected chi connectivity index (χ2v) is 13.1. The van der Waals surface area contributed by atoms with E-state index in [2.05, 4.69) is 13.8 Å². The summed E-state index contributed by atoms with van der Waals surface area (Å²) in [5.41, 5.74) is 0. The van der Waals surface area contributed by atoms with E-state index in [4.69, 9.17) is 26.6 Å². The summed E-state index contributed by atoms with van der Waals surface area (Å²) in [5, 5.41) is 0. The zero-order chi connectivity index (χ0) is 23.1. The van der Waals surface area contributed by atoms with Gasteiger partial charge < -0.3 is 26.6 Å². The summed E-state index contributed by atoms with van der Waals surface area (Å²) in [5.74, 6) is 0. The van der Waals surface area contributed by atoms with Crippen molar-refractivity contribution in [1.82, 2.24) is 0 Å². The monoisotopic (exact) mass is 468 g/mol. The molecule has 8 heteroatoms. The first-order valence-electron chi connectivity index (χ1n) is 12.1. The van der Waals surface area contributed by atoms with E-state index in [1.165, 1.54) is 44.9 Å². The number of rotatable bonds is 20. The van der Waals surface area contributed by atoms with Gasteiger partial charge in [-0.1, -0.05) is 65.2 Å². The first-order valence-corrected chi connectivity index (χ1v) is 15.9. The van der Waals surface area contributed by atoms with Crippen molar-refractivity contribution in [2.75, 3.05) is 41.2 Å². The van der Waals surface area contributed by atoms with Gasteiger partial charge in [-0.15, -0.1) is 0 Å². The number of hydrogen-bond donors (Lipinski definition) is 0. The van der Waals surface area contributed by atoms with Crippen molar-refractivity contribution in [3.8, 4) is 0 Å². The number of unbranched alkanes of at least 4 members (excludes halogenated alkanes) is 7. The Morgan fingerprint density at radius 2 is 0.833 bits per heavy atom. The summed E-state index contributed by atoms with van der Waals surface area (Å²) in [4.78, 5) is 0. The quantitative estimate of drug-likeness (QED) is 0.151. The smallest absolute Gasteiger partial charge is 0.377 e. The Kier molecular flexibility index (Phi) is 24.2. The molecule has 6 nitrogen and oxygen atoms in total. The molecule has 0 aromatic carbocycles. The molecular weight excluding hydrogens is 416 g/mol. The van der Waals surface area contributed by atoms with Gasteiger partial charge in [0.25, 0.3) is 0 Å². The fraction of sp³-hybridized carbons (Fsp3) is 1.00. The lowest BCUT2D eigenvalue weighted by Crippen LogP contribution is -2.45. The van der Waals surface area contributed by atoms with Gasteiger partial charge >= 0.3 is 17.6 Å². The Hall–Kier alpha value is 0.194. The molecule has 0 aliphatic carbocycles. The van der Waals surface area contributed by atoms with Crippen molar-refractivity contribution in [3.05, 3.63) is 0 Å². The Balaban J connectivity index is 0. The van der Waals surface area contributed by atoms with Crippen molar-refractivity contribution in [3.63, 3.8) is 0 Å². The fourth-order valence-electron chi connectivity index (χ4n) is 3.34. The standard InChI is InChI=1S/C13H30O3Si.C9H22O3Si/c1-5-6-7-8-9-10-11-12-13-17(14-2,15-3)16-4;1-5-9-13(10-6-2,11-7-3)12-8-4/h5-13H2,1-4H3;5-9H2,1-4H3. The highest BCUT2D eigenvalue weighted by atomic mass is 28.4. The normalized spacial score (nSPS) is 12.0. The van der Waals surface area contributed by atoms with E-state index in [1.54, 1.807) is 21.3 Å². The predicted octanol–water partition coefficient (Wildman–Crippen LogP) is 6.45. The molecule has 0 aliphatic heterocycles. The largest absolute Gasteiger partial charge is 0.500 e. The van der Waals surface area contributed by atoms with Crippen LogP contribution in [0.2, 0.25) is 12.1 Å². The van der Waals surface area contributed by atoms with Crippen LogP contribution in [0.1, 0.15) is 92.4 Å². The van der Waals surface area contributed by atoms with Gasteiger partial charge in [0.2, 0.25) is 0 Å². The van der Waals surface area contributed by atoms with Gasteiger partial charge in [-0.05, 0) is 27.2 Å². The van der Waals surface area contributed by atoms with Gasteiger partial charge in [-0.3, -0.25) is 0 Å². The molecule has 0 atom stereocenters. The molecule has 0 radical (unpaired) electrons. The molecule has 0 bridgehead atoms. The van der Waals surface area contributed by atoms with Crippen LogP contribution in [0.15, 0.2) is 0 Å². The number of hydrogen-bond acceptors (Lipinski definition) is 6. The summed E-state index contributed by atoms with van der Waals surface area (Å²) in [6.45, 7) is 12.3. The fourth-order valence-corrected chi connectivity index (χ4v) is 7.75. The molecule has 0 saturated carbocycles. The van der Waals surface area contributed by atoms with Gasteiger partial charge in [-0.2, -0.15) is 0 Å². The van der Waals surface area contributed by atoms with E-state index in [9.17, 15) is 0 Å². The van der Waals surface area contributed by atoms with Gasteiger partial charge in [0.15, 0.2) is 0 Å². The Bertz CT molecular complexity index is 306. The third-order valence-electron chi connectivity index (χ3n) is 4.92. The summed E-state index contributed by atoms with van der Waals surface area (Å²) in [6, 6.07) is 1.86. The predicted molar refractivity (Wildman–Crippen MR) is 130 cm³/mol. The zero-order valence-corrected chi connectivity index (χ0v) is 23.3. The van der Waals surface area contributed by atoms with Crippen molar-refractivity contribution in [2.24, 2.45) is 0 Å². The SMILES string of the molecule is CCCCCCCCCC[Si](OC)(OC)OC.CCC[Si](OCC)(OCC)OCC. The zero-order valence-electron chi connectivity index (χ0n) is 21.3. The molecule has 0 spiro atoms. The maximum absolute atomic E-state index is 5.65. The van der Waals surface area contributed by atoms with Crippen LogP contribution in [-0.2, 0) is 26.6 Å². The van der Waals surface area contributed by atoms with Crippen LogP contribution >= 0.6 is 0 Å². The van der Waals surface area contributed by atoms with Crippen LogP contribution in [0.3, 0.4) is 0 Å². The molecule has 0 aromatic heterocycles. The lowest BCUT2D eigenvalue weighted by atomic mass is 10.1. The highest BCUT2D eigenvalue weighted by Crippen LogP contribution is 2.19. The van der Waals surface area contributed by atoms with Gasteiger partial charge in [0, 0.05) is 53.2 Å². The van der Waals surface area contributed by atoms with Crippen molar-refractivity contribution < 1.29 is 26.6 Å². The van der Waals surface area contributed by atoms with Crippen LogP contribution in [0.4, 0.5) is 0 Å². The molecule has 0 aromatic rings. The third-order valence-corrected chi connectivity index (χ3v) is 11.0. The van der Waals surface area contributed by atoms with Crippen LogP contribution in [-0.4, -0.2) is 58.8 Å². The van der Waals surface area contributed by atoms with Crippen molar-refractivity contribution >= 4 is 17.6 Å². The van der Waals surface area contributed by atoms with E-state index in [1.807, 2.05) is 20.8 Å². The molecule has 0 saturated heterocycles. The molecule has 0 heterocycles. The van der Waals surface area contributed by atoms with E-state index in [0.29, 0.717) is 19.8 Å². The molecule has 0 fully saturated rings. The Morgan fingerprint density at radius 3 is 1.17 bits per heavy atom. The maximum atomic E-state index is 5.65. The molecule has 0 rings (SSSR count). The average Bonchev–Trinajstić information content (AvgIpc) is 2.74. The van der Waals surface area contributed by atoms with Crippen LogP contribution < -0.4 is 0 Å². The molecule has 30 heavy (non-hydrogen) atoms. The maximum Gasteiger partial charge on any atom is 0.500 e. The van der Waals surface area contributed by atoms with Gasteiger partial charge in [0.1, 0.15) is 0 Å². The van der Waals surface area contributed by atoms with Crippen molar-refractivity contribution in [2.45, 2.75) is 104 Å². The summed E-state index contributed by atoms with van der Waals surface area (Å²) >= 11 is 0. The second kappa shape index (κ2) is 22.4. The van der Waals surface area contributed by atoms with Crippen LogP contribution in [0.25, 0.3) is 0 Å². The molecule has 0 amide bonds. The van der Waals surface area contributed by atoms with Crippen LogP contribution in [0.5, 0.6) is 0 Å². The highest BCUT2D eigenvalue weighted by molar-refractivity contribution is 6.61. The summed E-state index contributed by atoms with van der Waals surface area (Å²) in [7, 11) is 0.459. The topological polar surface area (TPSA) is 55.4 Å². The van der Waals surface area contributed by atoms with E-state index < -0.39 is 17.6 Å². The first-order chi connectivity index (χ1) is 14.5.